The summed E-state index contributed by atoms with van der Waals surface area (Å²) in [6.45, 7) is 4.95. The Morgan fingerprint density at radius 3 is 2.61 bits per heavy atom. The summed E-state index contributed by atoms with van der Waals surface area (Å²) in [5.41, 5.74) is 1.93. The number of aryl methyl sites for hydroxylation is 1. The molecule has 0 aromatic heterocycles. The topological polar surface area (TPSA) is 12.0 Å². The van der Waals surface area contributed by atoms with E-state index in [1.54, 1.807) is 6.07 Å². The molecular formula is C16H24FN. The van der Waals surface area contributed by atoms with Crippen molar-refractivity contribution in [1.82, 2.24) is 5.32 Å². The zero-order valence-corrected chi connectivity index (χ0v) is 11.5. The van der Waals surface area contributed by atoms with Crippen molar-refractivity contribution in [2.24, 2.45) is 5.92 Å². The van der Waals surface area contributed by atoms with E-state index in [1.165, 1.54) is 32.1 Å². The lowest BCUT2D eigenvalue weighted by Crippen LogP contribution is -2.32. The maximum Gasteiger partial charge on any atom is 0.127 e. The lowest BCUT2D eigenvalue weighted by atomic mass is 9.84. The van der Waals surface area contributed by atoms with E-state index in [4.69, 9.17) is 0 Å². The molecule has 1 saturated carbocycles. The predicted molar refractivity (Wildman–Crippen MR) is 74.0 cm³/mol. The van der Waals surface area contributed by atoms with Crippen LogP contribution in [0.3, 0.4) is 0 Å². The zero-order valence-electron chi connectivity index (χ0n) is 11.5. The molecule has 1 nitrogen and oxygen atoms in total. The van der Waals surface area contributed by atoms with E-state index in [2.05, 4.69) is 12.2 Å². The zero-order chi connectivity index (χ0) is 13.0. The Morgan fingerprint density at radius 2 is 1.94 bits per heavy atom. The molecule has 1 aliphatic rings. The lowest BCUT2D eigenvalue weighted by molar-refractivity contribution is 0.284. The number of rotatable bonds is 4. The first-order valence-corrected chi connectivity index (χ1v) is 7.17. The van der Waals surface area contributed by atoms with Crippen molar-refractivity contribution in [1.29, 1.82) is 0 Å². The maximum absolute atomic E-state index is 13.6. The van der Waals surface area contributed by atoms with E-state index in [0.29, 0.717) is 12.6 Å². The van der Waals surface area contributed by atoms with E-state index in [9.17, 15) is 4.39 Å². The van der Waals surface area contributed by atoms with Crippen molar-refractivity contribution >= 4 is 0 Å². The molecule has 2 heteroatoms. The van der Waals surface area contributed by atoms with Crippen LogP contribution in [0.1, 0.15) is 50.2 Å². The van der Waals surface area contributed by atoms with Gasteiger partial charge in [-0.1, -0.05) is 31.0 Å². The van der Waals surface area contributed by atoms with Crippen LogP contribution in [0.5, 0.6) is 0 Å². The fraction of sp³-hybridized carbons (Fsp3) is 0.625. The summed E-state index contributed by atoms with van der Waals surface area (Å²) in [4.78, 5) is 0. The minimum atomic E-state index is -0.0876. The summed E-state index contributed by atoms with van der Waals surface area (Å²) in [7, 11) is 0. The van der Waals surface area contributed by atoms with E-state index in [0.717, 1.165) is 17.0 Å². The number of halogens is 1. The molecule has 100 valence electrons. The molecule has 0 bridgehead atoms. The largest absolute Gasteiger partial charge is 0.310 e. The van der Waals surface area contributed by atoms with Crippen LogP contribution < -0.4 is 5.32 Å². The van der Waals surface area contributed by atoms with Crippen LogP contribution in [0, 0.1) is 18.7 Å². The Labute approximate surface area is 110 Å². The summed E-state index contributed by atoms with van der Waals surface area (Å²) < 4.78 is 13.6. The van der Waals surface area contributed by atoms with Gasteiger partial charge in [0.05, 0.1) is 0 Å². The van der Waals surface area contributed by atoms with Gasteiger partial charge in [-0.3, -0.25) is 0 Å². The van der Waals surface area contributed by atoms with E-state index < -0.39 is 0 Å². The van der Waals surface area contributed by atoms with Crippen molar-refractivity contribution in [3.8, 4) is 0 Å². The molecule has 1 fully saturated rings. The van der Waals surface area contributed by atoms with Gasteiger partial charge in [-0.05, 0) is 44.6 Å². The Kier molecular flexibility index (Phi) is 4.76. The molecule has 1 aliphatic carbocycles. The lowest BCUT2D eigenvalue weighted by Gasteiger charge is -2.28. The monoisotopic (exact) mass is 249 g/mol. The van der Waals surface area contributed by atoms with Gasteiger partial charge in [0, 0.05) is 18.2 Å². The van der Waals surface area contributed by atoms with Gasteiger partial charge in [-0.2, -0.15) is 0 Å². The SMILES string of the molecule is CCC1CCC(NCc2cc(C)ccc2F)CC1. The number of hydrogen-bond donors (Lipinski definition) is 1. The van der Waals surface area contributed by atoms with Crippen LogP contribution in [0.15, 0.2) is 18.2 Å². The summed E-state index contributed by atoms with van der Waals surface area (Å²) in [5.74, 6) is 0.828. The fourth-order valence-electron chi connectivity index (χ4n) is 2.87. The van der Waals surface area contributed by atoms with Crippen LogP contribution >= 0.6 is 0 Å². The van der Waals surface area contributed by atoms with Gasteiger partial charge in [0.25, 0.3) is 0 Å². The highest BCUT2D eigenvalue weighted by Crippen LogP contribution is 2.26. The third-order valence-electron chi connectivity index (χ3n) is 4.21. The van der Waals surface area contributed by atoms with Crippen molar-refractivity contribution in [3.05, 3.63) is 35.1 Å². The van der Waals surface area contributed by atoms with Crippen LogP contribution in [0.2, 0.25) is 0 Å². The van der Waals surface area contributed by atoms with Gasteiger partial charge in [0.1, 0.15) is 5.82 Å². The van der Waals surface area contributed by atoms with Gasteiger partial charge in [-0.25, -0.2) is 4.39 Å². The molecule has 1 aromatic rings. The van der Waals surface area contributed by atoms with Gasteiger partial charge >= 0.3 is 0 Å². The first-order chi connectivity index (χ1) is 8.69. The normalized spacial score (nSPS) is 24.2. The van der Waals surface area contributed by atoms with Crippen molar-refractivity contribution in [2.45, 2.75) is 58.5 Å². The predicted octanol–water partition coefficient (Wildman–Crippen LogP) is 4.19. The highest BCUT2D eigenvalue weighted by molar-refractivity contribution is 5.23. The van der Waals surface area contributed by atoms with E-state index >= 15 is 0 Å². The summed E-state index contributed by atoms with van der Waals surface area (Å²) in [6.07, 6.45) is 6.44. The molecule has 1 aromatic carbocycles. The Bertz CT molecular complexity index is 381. The standard InChI is InChI=1S/C16H24FN/c1-3-13-5-7-15(8-6-13)18-11-14-10-12(2)4-9-16(14)17/h4,9-10,13,15,18H,3,5-8,11H2,1-2H3. The fourth-order valence-corrected chi connectivity index (χ4v) is 2.87. The molecule has 0 spiro atoms. The van der Waals surface area contributed by atoms with Crippen molar-refractivity contribution in [2.75, 3.05) is 0 Å². The first-order valence-electron chi connectivity index (χ1n) is 7.17. The van der Waals surface area contributed by atoms with Crippen LogP contribution in [0.4, 0.5) is 4.39 Å². The minimum Gasteiger partial charge on any atom is -0.310 e. The number of benzene rings is 1. The highest BCUT2D eigenvalue weighted by atomic mass is 19.1. The first kappa shape index (κ1) is 13.5. The second-order valence-electron chi connectivity index (χ2n) is 5.60. The molecule has 0 atom stereocenters. The number of nitrogens with one attached hydrogen (secondary N) is 1. The molecule has 0 amide bonds. The molecule has 0 saturated heterocycles. The van der Waals surface area contributed by atoms with Gasteiger partial charge in [0.15, 0.2) is 0 Å². The van der Waals surface area contributed by atoms with Crippen LogP contribution in [-0.4, -0.2) is 6.04 Å². The quantitative estimate of drug-likeness (QED) is 0.843. The van der Waals surface area contributed by atoms with Crippen LogP contribution in [-0.2, 0) is 6.54 Å². The van der Waals surface area contributed by atoms with Crippen molar-refractivity contribution < 1.29 is 4.39 Å². The molecule has 2 rings (SSSR count). The van der Waals surface area contributed by atoms with Gasteiger partial charge in [0.2, 0.25) is 0 Å². The van der Waals surface area contributed by atoms with Gasteiger partial charge in [-0.15, -0.1) is 0 Å². The summed E-state index contributed by atoms with van der Waals surface area (Å²) in [5, 5.41) is 3.51. The highest BCUT2D eigenvalue weighted by Gasteiger charge is 2.19. The number of hydrogen-bond acceptors (Lipinski definition) is 1. The Balaban J connectivity index is 1.83. The average molecular weight is 249 g/mol. The second kappa shape index (κ2) is 6.33. The third kappa shape index (κ3) is 3.55. The Hall–Kier alpha value is -0.890. The van der Waals surface area contributed by atoms with Crippen LogP contribution in [0.25, 0.3) is 0 Å². The molecule has 0 aliphatic heterocycles. The Morgan fingerprint density at radius 1 is 1.22 bits per heavy atom. The average Bonchev–Trinajstić information content (AvgIpc) is 2.40. The van der Waals surface area contributed by atoms with Crippen molar-refractivity contribution in [3.63, 3.8) is 0 Å². The third-order valence-corrected chi connectivity index (χ3v) is 4.21. The second-order valence-corrected chi connectivity index (χ2v) is 5.60. The molecule has 1 N–H and O–H groups in total. The van der Waals surface area contributed by atoms with Gasteiger partial charge < -0.3 is 5.32 Å². The molecule has 18 heavy (non-hydrogen) atoms. The van der Waals surface area contributed by atoms with E-state index in [1.807, 2.05) is 19.1 Å². The minimum absolute atomic E-state index is 0.0876. The molecule has 0 unspecified atom stereocenters. The molecular weight excluding hydrogens is 225 g/mol. The smallest absolute Gasteiger partial charge is 0.127 e. The molecule has 0 radical (unpaired) electrons. The maximum atomic E-state index is 13.6. The van der Waals surface area contributed by atoms with E-state index in [-0.39, 0.29) is 5.82 Å². The summed E-state index contributed by atoms with van der Waals surface area (Å²) >= 11 is 0. The summed E-state index contributed by atoms with van der Waals surface area (Å²) in [6, 6.07) is 5.92. The molecule has 0 heterocycles.